The lowest BCUT2D eigenvalue weighted by molar-refractivity contribution is -0.0512. The Labute approximate surface area is 173 Å². The van der Waals surface area contributed by atoms with Crippen molar-refractivity contribution >= 4 is 12.0 Å². The van der Waals surface area contributed by atoms with Crippen molar-refractivity contribution in [3.63, 3.8) is 0 Å². The highest BCUT2D eigenvalue weighted by atomic mass is 19.3. The molecule has 0 aromatic heterocycles. The molecule has 0 saturated heterocycles. The van der Waals surface area contributed by atoms with Crippen molar-refractivity contribution in [2.24, 2.45) is 0 Å². The summed E-state index contributed by atoms with van der Waals surface area (Å²) in [6.45, 7) is 1.01. The maximum atomic E-state index is 12.4. The lowest BCUT2D eigenvalue weighted by atomic mass is 10.1. The quantitative estimate of drug-likeness (QED) is 0.600. The zero-order valence-corrected chi connectivity index (χ0v) is 16.9. The van der Waals surface area contributed by atoms with Crippen LogP contribution in [0.15, 0.2) is 42.5 Å². The molecule has 9 heteroatoms. The number of alkyl halides is 2. The van der Waals surface area contributed by atoms with Gasteiger partial charge in [-0.1, -0.05) is 18.2 Å². The van der Waals surface area contributed by atoms with E-state index in [1.54, 1.807) is 24.3 Å². The number of benzene rings is 2. The Hall–Kier alpha value is -3.36. The number of urea groups is 1. The SMILES string of the molecule is COc1cc(COC(=O)c2ccc(CNC(=O)NC(C)C)cc2)ccc1OC(F)F. The van der Waals surface area contributed by atoms with Crippen LogP contribution in [0.5, 0.6) is 11.5 Å². The lowest BCUT2D eigenvalue weighted by Gasteiger charge is -2.12. The van der Waals surface area contributed by atoms with Crippen LogP contribution in [0.2, 0.25) is 0 Å². The van der Waals surface area contributed by atoms with Crippen LogP contribution in [0.25, 0.3) is 0 Å². The zero-order chi connectivity index (χ0) is 22.1. The highest BCUT2D eigenvalue weighted by molar-refractivity contribution is 5.89. The Kier molecular flexibility index (Phi) is 8.40. The van der Waals surface area contributed by atoms with Crippen LogP contribution in [0.1, 0.15) is 35.3 Å². The van der Waals surface area contributed by atoms with E-state index in [0.29, 0.717) is 17.7 Å². The molecule has 0 unspecified atom stereocenters. The Morgan fingerprint density at radius 3 is 2.27 bits per heavy atom. The largest absolute Gasteiger partial charge is 0.493 e. The molecule has 2 amide bonds. The third kappa shape index (κ3) is 7.23. The first-order valence-electron chi connectivity index (χ1n) is 9.20. The van der Waals surface area contributed by atoms with Crippen molar-refractivity contribution in [1.82, 2.24) is 10.6 Å². The summed E-state index contributed by atoms with van der Waals surface area (Å²) in [6.07, 6.45) is 0. The molecule has 0 aliphatic heterocycles. The number of hydrogen-bond donors (Lipinski definition) is 2. The molecule has 0 atom stereocenters. The fourth-order valence-electron chi connectivity index (χ4n) is 2.48. The van der Waals surface area contributed by atoms with Crippen molar-refractivity contribution in [1.29, 1.82) is 0 Å². The second-order valence-corrected chi connectivity index (χ2v) is 6.62. The summed E-state index contributed by atoms with van der Waals surface area (Å²) in [5.41, 5.74) is 1.72. The topological polar surface area (TPSA) is 85.9 Å². The van der Waals surface area contributed by atoms with E-state index in [9.17, 15) is 18.4 Å². The third-order valence-electron chi connectivity index (χ3n) is 3.88. The van der Waals surface area contributed by atoms with Crippen LogP contribution >= 0.6 is 0 Å². The first-order valence-corrected chi connectivity index (χ1v) is 9.20. The van der Waals surface area contributed by atoms with Crippen LogP contribution in [0.3, 0.4) is 0 Å². The van der Waals surface area contributed by atoms with E-state index in [2.05, 4.69) is 15.4 Å². The molecular formula is C21H24F2N2O5. The third-order valence-corrected chi connectivity index (χ3v) is 3.88. The first-order chi connectivity index (χ1) is 14.3. The predicted octanol–water partition coefficient (Wildman–Crippen LogP) is 3.86. The number of amides is 2. The minimum absolute atomic E-state index is 0.0372. The number of carbonyl (C=O) groups is 2. The number of nitrogens with one attached hydrogen (secondary N) is 2. The van der Waals surface area contributed by atoms with Crippen LogP contribution < -0.4 is 20.1 Å². The molecule has 0 saturated carbocycles. The van der Waals surface area contributed by atoms with Crippen LogP contribution in [0, 0.1) is 0 Å². The number of rotatable bonds is 9. The number of hydrogen-bond acceptors (Lipinski definition) is 5. The maximum Gasteiger partial charge on any atom is 0.387 e. The molecule has 0 fully saturated rings. The molecule has 2 aromatic rings. The van der Waals surface area contributed by atoms with Gasteiger partial charge in [-0.3, -0.25) is 0 Å². The fourth-order valence-corrected chi connectivity index (χ4v) is 2.48. The second kappa shape index (κ2) is 11.0. The summed E-state index contributed by atoms with van der Waals surface area (Å²) in [7, 11) is 1.33. The van der Waals surface area contributed by atoms with Gasteiger partial charge in [0.25, 0.3) is 0 Å². The smallest absolute Gasteiger partial charge is 0.387 e. The minimum atomic E-state index is -2.97. The highest BCUT2D eigenvalue weighted by Gasteiger charge is 2.13. The van der Waals surface area contributed by atoms with Gasteiger partial charge in [0.1, 0.15) is 6.61 Å². The van der Waals surface area contributed by atoms with Gasteiger partial charge < -0.3 is 24.8 Å². The van der Waals surface area contributed by atoms with E-state index in [1.165, 1.54) is 25.3 Å². The van der Waals surface area contributed by atoms with Crippen molar-refractivity contribution < 1.29 is 32.6 Å². The second-order valence-electron chi connectivity index (χ2n) is 6.62. The molecule has 0 heterocycles. The summed E-state index contributed by atoms with van der Waals surface area (Å²) in [6, 6.07) is 10.7. The Morgan fingerprint density at radius 2 is 1.67 bits per heavy atom. The lowest BCUT2D eigenvalue weighted by Crippen LogP contribution is -2.39. The van der Waals surface area contributed by atoms with Gasteiger partial charge in [0.05, 0.1) is 12.7 Å². The molecule has 7 nitrogen and oxygen atoms in total. The van der Waals surface area contributed by atoms with E-state index in [4.69, 9.17) is 9.47 Å². The molecule has 0 aliphatic carbocycles. The normalized spacial score (nSPS) is 10.6. The number of carbonyl (C=O) groups excluding carboxylic acids is 2. The predicted molar refractivity (Wildman–Crippen MR) is 106 cm³/mol. The molecule has 2 aromatic carbocycles. The number of methoxy groups -OCH3 is 1. The van der Waals surface area contributed by atoms with E-state index in [1.807, 2.05) is 13.8 Å². The Balaban J connectivity index is 1.89. The molecule has 2 N–H and O–H groups in total. The molecule has 30 heavy (non-hydrogen) atoms. The van der Waals surface area contributed by atoms with Gasteiger partial charge in [0.15, 0.2) is 11.5 Å². The van der Waals surface area contributed by atoms with E-state index in [0.717, 1.165) is 5.56 Å². The van der Waals surface area contributed by atoms with Crippen molar-refractivity contribution in [2.75, 3.05) is 7.11 Å². The molecule has 0 spiro atoms. The number of esters is 1. The number of ether oxygens (including phenoxy) is 3. The van der Waals surface area contributed by atoms with Crippen LogP contribution in [-0.2, 0) is 17.9 Å². The van der Waals surface area contributed by atoms with Gasteiger partial charge in [-0.2, -0.15) is 8.78 Å². The summed E-state index contributed by atoms with van der Waals surface area (Å²) in [5.74, 6) is -0.532. The molecule has 0 bridgehead atoms. The Morgan fingerprint density at radius 1 is 1.00 bits per heavy atom. The van der Waals surface area contributed by atoms with Gasteiger partial charge in [0.2, 0.25) is 0 Å². The van der Waals surface area contributed by atoms with Crippen molar-refractivity contribution in [2.45, 2.75) is 39.7 Å². The molecular weight excluding hydrogens is 398 g/mol. The molecule has 0 radical (unpaired) electrons. The van der Waals surface area contributed by atoms with Crippen molar-refractivity contribution in [3.05, 3.63) is 59.2 Å². The maximum absolute atomic E-state index is 12.4. The van der Waals surface area contributed by atoms with Gasteiger partial charge in [-0.15, -0.1) is 0 Å². The highest BCUT2D eigenvalue weighted by Crippen LogP contribution is 2.29. The van der Waals surface area contributed by atoms with E-state index < -0.39 is 12.6 Å². The van der Waals surface area contributed by atoms with Gasteiger partial charge in [-0.05, 0) is 49.2 Å². The van der Waals surface area contributed by atoms with E-state index >= 15 is 0 Å². The summed E-state index contributed by atoms with van der Waals surface area (Å²) in [5, 5.41) is 5.44. The van der Waals surface area contributed by atoms with Gasteiger partial charge in [-0.25, -0.2) is 9.59 Å². The summed E-state index contributed by atoms with van der Waals surface area (Å²) < 4.78 is 39.4. The average Bonchev–Trinajstić information content (AvgIpc) is 2.70. The fraction of sp³-hybridized carbons (Fsp3) is 0.333. The van der Waals surface area contributed by atoms with Crippen LogP contribution in [0.4, 0.5) is 13.6 Å². The summed E-state index contributed by atoms with van der Waals surface area (Å²) >= 11 is 0. The van der Waals surface area contributed by atoms with Gasteiger partial charge in [0, 0.05) is 12.6 Å². The average molecular weight is 422 g/mol. The standard InChI is InChI=1S/C21H24F2N2O5/c1-13(2)25-21(27)24-11-14-4-7-16(8-5-14)19(26)29-12-15-6-9-17(30-20(22)23)18(10-15)28-3/h4-10,13,20H,11-12H2,1-3H3,(H2,24,25,27). The molecule has 0 aliphatic rings. The van der Waals surface area contributed by atoms with E-state index in [-0.39, 0.29) is 30.2 Å². The summed E-state index contributed by atoms with van der Waals surface area (Å²) in [4.78, 5) is 23.8. The first kappa shape index (κ1) is 22.9. The molecule has 2 rings (SSSR count). The minimum Gasteiger partial charge on any atom is -0.493 e. The monoisotopic (exact) mass is 422 g/mol. The van der Waals surface area contributed by atoms with Crippen molar-refractivity contribution in [3.8, 4) is 11.5 Å². The molecule has 162 valence electrons. The number of halogens is 2. The van der Waals surface area contributed by atoms with Crippen LogP contribution in [-0.4, -0.2) is 31.8 Å². The Bertz CT molecular complexity index is 857. The zero-order valence-electron chi connectivity index (χ0n) is 16.9. The van der Waals surface area contributed by atoms with Gasteiger partial charge >= 0.3 is 18.6 Å².